The molecule has 0 aliphatic heterocycles. The van der Waals surface area contributed by atoms with Crippen LogP contribution in [0.25, 0.3) is 28.1 Å². The Bertz CT molecular complexity index is 1290. The number of imidazole rings is 1. The number of nitrogens with zero attached hydrogens (tertiary/aromatic N) is 5. The van der Waals surface area contributed by atoms with E-state index < -0.39 is 0 Å². The molecule has 0 amide bonds. The topological polar surface area (TPSA) is 104 Å². The van der Waals surface area contributed by atoms with E-state index in [1.54, 1.807) is 16.9 Å². The van der Waals surface area contributed by atoms with Gasteiger partial charge in [-0.2, -0.15) is 0 Å². The molecule has 9 nitrogen and oxygen atoms in total. The van der Waals surface area contributed by atoms with Crippen LogP contribution >= 0.6 is 0 Å². The summed E-state index contributed by atoms with van der Waals surface area (Å²) in [6, 6.07) is 7.85. The minimum absolute atomic E-state index is 0.119. The maximum atomic E-state index is 6.23. The van der Waals surface area contributed by atoms with Crippen molar-refractivity contribution >= 4 is 22.4 Å². The molecule has 1 saturated carbocycles. The summed E-state index contributed by atoms with van der Waals surface area (Å²) >= 11 is 0. The van der Waals surface area contributed by atoms with Gasteiger partial charge in [0, 0.05) is 31.4 Å². The van der Waals surface area contributed by atoms with E-state index in [4.69, 9.17) is 19.6 Å². The second-order valence-corrected chi connectivity index (χ2v) is 9.75. The number of hydrogen-bond acceptors (Lipinski definition) is 8. The summed E-state index contributed by atoms with van der Waals surface area (Å²) in [5.41, 5.74) is 7.95. The van der Waals surface area contributed by atoms with Gasteiger partial charge in [-0.25, -0.2) is 14.5 Å². The van der Waals surface area contributed by atoms with Crippen LogP contribution in [0.15, 0.2) is 41.1 Å². The van der Waals surface area contributed by atoms with Gasteiger partial charge >= 0.3 is 0 Å². The lowest BCUT2D eigenvalue weighted by atomic mass is 9.90. The largest absolute Gasteiger partial charge is 0.473 e. The molecule has 0 bridgehead atoms. The van der Waals surface area contributed by atoms with Crippen molar-refractivity contribution in [1.82, 2.24) is 19.6 Å². The van der Waals surface area contributed by atoms with Crippen LogP contribution in [0.1, 0.15) is 40.5 Å². The van der Waals surface area contributed by atoms with Crippen LogP contribution in [0.4, 0.5) is 5.82 Å². The molecule has 0 radical (unpaired) electrons. The summed E-state index contributed by atoms with van der Waals surface area (Å²) < 4.78 is 19.9. The number of fused-ring (bicyclic) bond motifs is 2. The lowest BCUT2D eigenvalue weighted by molar-refractivity contribution is 0.00139. The molecule has 180 valence electrons. The molecule has 5 rings (SSSR count). The van der Waals surface area contributed by atoms with Crippen molar-refractivity contribution < 1.29 is 13.9 Å². The van der Waals surface area contributed by atoms with Gasteiger partial charge in [-0.3, -0.25) is 0 Å². The van der Waals surface area contributed by atoms with E-state index in [2.05, 4.69) is 47.7 Å². The van der Waals surface area contributed by atoms with E-state index in [1.807, 2.05) is 24.3 Å². The second-order valence-electron chi connectivity index (χ2n) is 9.75. The van der Waals surface area contributed by atoms with Crippen molar-refractivity contribution in [2.24, 2.45) is 5.73 Å². The zero-order chi connectivity index (χ0) is 23.9. The quantitative estimate of drug-likeness (QED) is 0.417. The van der Waals surface area contributed by atoms with Crippen molar-refractivity contribution in [2.45, 2.75) is 58.3 Å². The molecule has 0 aromatic carbocycles. The molecule has 0 atom stereocenters. The molecule has 9 heteroatoms. The van der Waals surface area contributed by atoms with E-state index in [0.29, 0.717) is 18.2 Å². The standard InChI is InChI=1S/C25H32N6O3/c1-5-30(10-11-32-25(2,3)4)24-18-14-21(34-20(18)8-9-27-24)19-15-28-22-6-7-23(29-31(19)22)33-17-12-16(26)13-17/h6-9,14-17H,5,10-13,26H2,1-4H3. The van der Waals surface area contributed by atoms with Gasteiger partial charge in [-0.05, 0) is 58.7 Å². The zero-order valence-electron chi connectivity index (χ0n) is 20.2. The second kappa shape index (κ2) is 8.88. The molecular formula is C25H32N6O3. The first-order valence-electron chi connectivity index (χ1n) is 11.9. The molecule has 4 heterocycles. The number of pyridine rings is 1. The Morgan fingerprint density at radius 3 is 2.76 bits per heavy atom. The van der Waals surface area contributed by atoms with E-state index in [1.165, 1.54) is 0 Å². The maximum Gasteiger partial charge on any atom is 0.232 e. The van der Waals surface area contributed by atoms with Crippen LogP contribution in [0, 0.1) is 0 Å². The average Bonchev–Trinajstić information content (AvgIpc) is 3.38. The highest BCUT2D eigenvalue weighted by Crippen LogP contribution is 2.33. The van der Waals surface area contributed by atoms with E-state index in [-0.39, 0.29) is 17.7 Å². The van der Waals surface area contributed by atoms with Crippen molar-refractivity contribution in [3.05, 3.63) is 36.7 Å². The molecule has 4 aromatic heterocycles. The van der Waals surface area contributed by atoms with Crippen molar-refractivity contribution in [3.63, 3.8) is 0 Å². The normalized spacial score (nSPS) is 18.4. The molecule has 1 aliphatic carbocycles. The Morgan fingerprint density at radius 1 is 1.21 bits per heavy atom. The van der Waals surface area contributed by atoms with Crippen LogP contribution in [0.5, 0.6) is 5.88 Å². The smallest absolute Gasteiger partial charge is 0.232 e. The number of ether oxygens (including phenoxy) is 2. The van der Waals surface area contributed by atoms with E-state index in [0.717, 1.165) is 54.1 Å². The number of rotatable bonds is 8. The predicted octanol–water partition coefficient (Wildman–Crippen LogP) is 4.05. The Morgan fingerprint density at radius 2 is 2.03 bits per heavy atom. The molecule has 4 aromatic rings. The van der Waals surface area contributed by atoms with Crippen LogP contribution in [-0.2, 0) is 4.74 Å². The van der Waals surface area contributed by atoms with Gasteiger partial charge in [0.15, 0.2) is 11.4 Å². The first-order valence-corrected chi connectivity index (χ1v) is 11.9. The van der Waals surface area contributed by atoms with Gasteiger partial charge in [-0.15, -0.1) is 5.10 Å². The fourth-order valence-corrected chi connectivity index (χ4v) is 4.16. The molecular weight excluding hydrogens is 432 g/mol. The lowest BCUT2D eigenvalue weighted by Gasteiger charge is -2.31. The van der Waals surface area contributed by atoms with Crippen molar-refractivity contribution in [1.29, 1.82) is 0 Å². The van der Waals surface area contributed by atoms with Crippen LogP contribution < -0.4 is 15.4 Å². The molecule has 0 unspecified atom stereocenters. The SMILES string of the molecule is CCN(CCOC(C)(C)C)c1nccc2oc(-c3cnc4ccc(OC5CC(N)C5)nn34)cc12. The molecule has 0 spiro atoms. The van der Waals surface area contributed by atoms with Crippen molar-refractivity contribution in [2.75, 3.05) is 24.6 Å². The average molecular weight is 465 g/mol. The minimum Gasteiger partial charge on any atom is -0.473 e. The molecule has 1 aliphatic rings. The fourth-order valence-electron chi connectivity index (χ4n) is 4.16. The Balaban J connectivity index is 1.44. The van der Waals surface area contributed by atoms with Gasteiger partial charge < -0.3 is 24.5 Å². The lowest BCUT2D eigenvalue weighted by Crippen LogP contribution is -2.43. The third-order valence-corrected chi connectivity index (χ3v) is 6.01. The number of furan rings is 1. The fraction of sp³-hybridized carbons (Fsp3) is 0.480. The summed E-state index contributed by atoms with van der Waals surface area (Å²) in [6.45, 7) is 10.5. The van der Waals surface area contributed by atoms with Gasteiger partial charge in [0.05, 0.1) is 23.8 Å². The maximum absolute atomic E-state index is 6.23. The highest BCUT2D eigenvalue weighted by Gasteiger charge is 2.28. The number of nitrogens with two attached hydrogens (primary N) is 1. The Labute approximate surface area is 198 Å². The van der Waals surface area contributed by atoms with Gasteiger partial charge in [0.25, 0.3) is 0 Å². The van der Waals surface area contributed by atoms with Crippen LogP contribution in [0.3, 0.4) is 0 Å². The molecule has 0 saturated heterocycles. The molecule has 1 fully saturated rings. The van der Waals surface area contributed by atoms with Gasteiger partial charge in [0.2, 0.25) is 5.88 Å². The van der Waals surface area contributed by atoms with Crippen LogP contribution in [-0.4, -0.2) is 57.0 Å². The summed E-state index contributed by atoms with van der Waals surface area (Å²) in [5.74, 6) is 2.10. The summed E-state index contributed by atoms with van der Waals surface area (Å²) in [6.07, 6.45) is 5.37. The third kappa shape index (κ3) is 4.58. The molecule has 2 N–H and O–H groups in total. The zero-order valence-corrected chi connectivity index (χ0v) is 20.2. The molecule has 34 heavy (non-hydrogen) atoms. The number of aromatic nitrogens is 4. The first-order chi connectivity index (χ1) is 16.3. The summed E-state index contributed by atoms with van der Waals surface area (Å²) in [4.78, 5) is 11.4. The monoisotopic (exact) mass is 464 g/mol. The Kier molecular flexibility index (Phi) is 5.91. The van der Waals surface area contributed by atoms with Crippen molar-refractivity contribution in [3.8, 4) is 17.3 Å². The summed E-state index contributed by atoms with van der Waals surface area (Å²) in [5, 5.41) is 5.60. The van der Waals surface area contributed by atoms with Gasteiger partial charge in [0.1, 0.15) is 23.2 Å². The highest BCUT2D eigenvalue weighted by atomic mass is 16.5. The van der Waals surface area contributed by atoms with Gasteiger partial charge in [-0.1, -0.05) is 0 Å². The first kappa shape index (κ1) is 22.6. The third-order valence-electron chi connectivity index (χ3n) is 6.01. The number of likely N-dealkylation sites (N-methyl/N-ethyl adjacent to an activating group) is 1. The highest BCUT2D eigenvalue weighted by molar-refractivity contribution is 5.91. The van der Waals surface area contributed by atoms with Crippen LogP contribution in [0.2, 0.25) is 0 Å². The number of hydrogen-bond donors (Lipinski definition) is 1. The van der Waals surface area contributed by atoms with E-state index >= 15 is 0 Å². The Hall–Kier alpha value is -3.17. The summed E-state index contributed by atoms with van der Waals surface area (Å²) in [7, 11) is 0. The van der Waals surface area contributed by atoms with E-state index in [9.17, 15) is 0 Å². The predicted molar refractivity (Wildman–Crippen MR) is 131 cm³/mol. The minimum atomic E-state index is -0.176. The number of anilines is 1.